The Hall–Kier alpha value is -2.80. The van der Waals surface area contributed by atoms with Gasteiger partial charge < -0.3 is 9.80 Å². The summed E-state index contributed by atoms with van der Waals surface area (Å²) in [6, 6.07) is 4.80. The summed E-state index contributed by atoms with van der Waals surface area (Å²) in [5, 5.41) is 5.23. The van der Waals surface area contributed by atoms with Crippen LogP contribution in [-0.4, -0.2) is 67.7 Å². The summed E-state index contributed by atoms with van der Waals surface area (Å²) in [5.74, 6) is 0.198. The Bertz CT molecular complexity index is 1030. The molecule has 2 aliphatic rings. The predicted octanol–water partition coefficient (Wildman–Crippen LogP) is 1.88. The first-order chi connectivity index (χ1) is 13.6. The van der Waals surface area contributed by atoms with Gasteiger partial charge in [0.2, 0.25) is 5.91 Å². The molecular weight excluding hydrogens is 352 g/mol. The number of piperazine rings is 1. The molecular formula is C21H24N6O. The van der Waals surface area contributed by atoms with Gasteiger partial charge >= 0.3 is 0 Å². The molecule has 2 fully saturated rings. The second kappa shape index (κ2) is 6.67. The molecule has 5 rings (SSSR count). The molecule has 2 atom stereocenters. The van der Waals surface area contributed by atoms with E-state index in [1.165, 1.54) is 0 Å². The SMILES string of the molecule is CN1CC2CCC(C1)N2C(=O)Cc1cc2cc(-c3cnn(C)c3)cnc2cn1. The highest BCUT2D eigenvalue weighted by Gasteiger charge is 2.41. The van der Waals surface area contributed by atoms with Gasteiger partial charge in [-0.05, 0) is 32.0 Å². The highest BCUT2D eigenvalue weighted by molar-refractivity contribution is 5.85. The van der Waals surface area contributed by atoms with Crippen LogP contribution in [0.3, 0.4) is 0 Å². The zero-order valence-corrected chi connectivity index (χ0v) is 16.2. The van der Waals surface area contributed by atoms with Gasteiger partial charge in [-0.15, -0.1) is 0 Å². The van der Waals surface area contributed by atoms with Gasteiger partial charge in [0.05, 0.1) is 30.0 Å². The smallest absolute Gasteiger partial charge is 0.229 e. The van der Waals surface area contributed by atoms with E-state index in [-0.39, 0.29) is 5.91 Å². The number of hydrogen-bond acceptors (Lipinski definition) is 5. The van der Waals surface area contributed by atoms with Crippen molar-refractivity contribution in [1.82, 2.24) is 29.5 Å². The number of likely N-dealkylation sites (N-methyl/N-ethyl adjacent to an activating group) is 1. The Morgan fingerprint density at radius 1 is 1.04 bits per heavy atom. The van der Waals surface area contributed by atoms with Crippen molar-refractivity contribution in [2.24, 2.45) is 7.05 Å². The molecule has 7 heteroatoms. The van der Waals surface area contributed by atoms with Crippen LogP contribution in [0.25, 0.3) is 22.0 Å². The molecule has 1 amide bonds. The van der Waals surface area contributed by atoms with Crippen molar-refractivity contribution < 1.29 is 4.79 Å². The first kappa shape index (κ1) is 17.3. The molecule has 0 saturated carbocycles. The van der Waals surface area contributed by atoms with Crippen molar-refractivity contribution in [3.8, 4) is 11.1 Å². The number of carbonyl (C=O) groups excluding carboxylic acids is 1. The van der Waals surface area contributed by atoms with Gasteiger partial charge in [0, 0.05) is 61.1 Å². The van der Waals surface area contributed by atoms with Crippen LogP contribution in [0.4, 0.5) is 0 Å². The monoisotopic (exact) mass is 376 g/mol. The van der Waals surface area contributed by atoms with Crippen molar-refractivity contribution in [2.45, 2.75) is 31.3 Å². The summed E-state index contributed by atoms with van der Waals surface area (Å²) in [6.45, 7) is 1.96. The summed E-state index contributed by atoms with van der Waals surface area (Å²) in [5.41, 5.74) is 3.69. The molecule has 3 aromatic rings. The van der Waals surface area contributed by atoms with E-state index in [0.717, 1.165) is 53.7 Å². The number of likely N-dealkylation sites (tertiary alicyclic amines) is 1. The van der Waals surface area contributed by atoms with Gasteiger partial charge in [-0.25, -0.2) is 0 Å². The Balaban J connectivity index is 1.39. The lowest BCUT2D eigenvalue weighted by Gasteiger charge is -2.39. The van der Waals surface area contributed by atoms with Crippen LogP contribution in [0.1, 0.15) is 18.5 Å². The van der Waals surface area contributed by atoms with Crippen LogP contribution in [0.5, 0.6) is 0 Å². The van der Waals surface area contributed by atoms with Crippen LogP contribution >= 0.6 is 0 Å². The van der Waals surface area contributed by atoms with E-state index in [4.69, 9.17) is 0 Å². The molecule has 2 unspecified atom stereocenters. The molecule has 28 heavy (non-hydrogen) atoms. The quantitative estimate of drug-likeness (QED) is 0.698. The van der Waals surface area contributed by atoms with Crippen molar-refractivity contribution in [3.63, 3.8) is 0 Å². The normalized spacial score (nSPS) is 22.1. The Morgan fingerprint density at radius 3 is 2.54 bits per heavy atom. The Kier molecular flexibility index (Phi) is 4.12. The van der Waals surface area contributed by atoms with Gasteiger partial charge in [-0.1, -0.05) is 0 Å². The Labute approximate surface area is 164 Å². The molecule has 3 aromatic heterocycles. The topological polar surface area (TPSA) is 67.2 Å². The highest BCUT2D eigenvalue weighted by atomic mass is 16.2. The second-order valence-corrected chi connectivity index (χ2v) is 8.08. The second-order valence-electron chi connectivity index (χ2n) is 8.08. The maximum absolute atomic E-state index is 13.0. The molecule has 7 nitrogen and oxygen atoms in total. The molecule has 144 valence electrons. The highest BCUT2D eigenvalue weighted by Crippen LogP contribution is 2.30. The molecule has 2 saturated heterocycles. The fraction of sp³-hybridized carbons (Fsp3) is 0.429. The van der Waals surface area contributed by atoms with Gasteiger partial charge in [0.15, 0.2) is 0 Å². The van der Waals surface area contributed by atoms with Crippen molar-refractivity contribution >= 4 is 16.8 Å². The molecule has 5 heterocycles. The minimum Gasteiger partial charge on any atom is -0.334 e. The third kappa shape index (κ3) is 3.05. The van der Waals surface area contributed by atoms with Crippen molar-refractivity contribution in [1.29, 1.82) is 0 Å². The summed E-state index contributed by atoms with van der Waals surface area (Å²) in [4.78, 5) is 26.5. The maximum atomic E-state index is 13.0. The number of pyridine rings is 2. The minimum absolute atomic E-state index is 0.198. The summed E-state index contributed by atoms with van der Waals surface area (Å²) in [7, 11) is 4.04. The van der Waals surface area contributed by atoms with E-state index >= 15 is 0 Å². The molecule has 0 N–H and O–H groups in total. The van der Waals surface area contributed by atoms with Gasteiger partial charge in [0.25, 0.3) is 0 Å². The molecule has 0 aliphatic carbocycles. The summed E-state index contributed by atoms with van der Waals surface area (Å²) < 4.78 is 1.78. The number of aromatic nitrogens is 4. The number of amides is 1. The zero-order valence-electron chi connectivity index (χ0n) is 16.2. The van der Waals surface area contributed by atoms with Crippen LogP contribution in [-0.2, 0) is 18.3 Å². The predicted molar refractivity (Wildman–Crippen MR) is 107 cm³/mol. The van der Waals surface area contributed by atoms with Crippen molar-refractivity contribution in [3.05, 3.63) is 42.6 Å². The number of fused-ring (bicyclic) bond motifs is 3. The molecule has 0 spiro atoms. The number of carbonyl (C=O) groups is 1. The van der Waals surface area contributed by atoms with Gasteiger partial charge in [-0.3, -0.25) is 19.4 Å². The van der Waals surface area contributed by atoms with E-state index < -0.39 is 0 Å². The van der Waals surface area contributed by atoms with Gasteiger partial charge in [0.1, 0.15) is 0 Å². The molecule has 0 radical (unpaired) electrons. The van der Waals surface area contributed by atoms with E-state index in [0.29, 0.717) is 18.5 Å². The third-order valence-electron chi connectivity index (χ3n) is 5.95. The lowest BCUT2D eigenvalue weighted by atomic mass is 10.1. The maximum Gasteiger partial charge on any atom is 0.229 e. The van der Waals surface area contributed by atoms with Crippen LogP contribution in [0.2, 0.25) is 0 Å². The van der Waals surface area contributed by atoms with E-state index in [1.807, 2.05) is 31.7 Å². The summed E-state index contributed by atoms with van der Waals surface area (Å²) in [6.07, 6.45) is 9.99. The third-order valence-corrected chi connectivity index (χ3v) is 5.95. The zero-order chi connectivity index (χ0) is 19.3. The number of hydrogen-bond donors (Lipinski definition) is 0. The average molecular weight is 376 g/mol. The van der Waals surface area contributed by atoms with Crippen LogP contribution in [0, 0.1) is 0 Å². The molecule has 2 bridgehead atoms. The fourth-order valence-corrected chi connectivity index (χ4v) is 4.67. The lowest BCUT2D eigenvalue weighted by molar-refractivity contribution is -0.135. The number of rotatable bonds is 3. The minimum atomic E-state index is 0.198. The van der Waals surface area contributed by atoms with Crippen LogP contribution < -0.4 is 0 Å². The Morgan fingerprint density at radius 2 is 1.82 bits per heavy atom. The fourth-order valence-electron chi connectivity index (χ4n) is 4.67. The first-order valence-corrected chi connectivity index (χ1v) is 9.80. The first-order valence-electron chi connectivity index (χ1n) is 9.80. The van der Waals surface area contributed by atoms with E-state index in [9.17, 15) is 4.79 Å². The van der Waals surface area contributed by atoms with Gasteiger partial charge in [-0.2, -0.15) is 5.10 Å². The molecule has 0 aromatic carbocycles. The van der Waals surface area contributed by atoms with E-state index in [1.54, 1.807) is 10.9 Å². The average Bonchev–Trinajstić information content (AvgIpc) is 3.22. The number of nitrogens with zero attached hydrogens (tertiary/aromatic N) is 6. The molecule has 2 aliphatic heterocycles. The van der Waals surface area contributed by atoms with E-state index in [2.05, 4.69) is 38.0 Å². The van der Waals surface area contributed by atoms with Crippen molar-refractivity contribution in [2.75, 3.05) is 20.1 Å². The van der Waals surface area contributed by atoms with Crippen LogP contribution in [0.15, 0.2) is 36.9 Å². The summed E-state index contributed by atoms with van der Waals surface area (Å²) >= 11 is 0. The standard InChI is InChI=1S/C21H24N6O/c1-25-12-18-3-4-19(13-25)27(18)21(28)7-17-6-14-5-15(8-23-20(14)10-22-17)16-9-24-26(2)11-16/h5-6,8-11,18-19H,3-4,7,12-13H2,1-2H3. The largest absolute Gasteiger partial charge is 0.334 e. The number of aryl methyl sites for hydroxylation is 1. The lowest BCUT2D eigenvalue weighted by Crippen LogP contribution is -2.55.